The van der Waals surface area contributed by atoms with Crippen molar-refractivity contribution in [3.8, 4) is 11.5 Å². The molecule has 6 heteroatoms. The highest BCUT2D eigenvalue weighted by Gasteiger charge is 2.20. The molecule has 0 aliphatic carbocycles. The van der Waals surface area contributed by atoms with Crippen LogP contribution in [0.5, 0.6) is 0 Å². The molecule has 0 radical (unpaired) electrons. The third kappa shape index (κ3) is 4.85. The van der Waals surface area contributed by atoms with E-state index in [2.05, 4.69) is 10.3 Å². The van der Waals surface area contributed by atoms with Crippen molar-refractivity contribution in [3.63, 3.8) is 0 Å². The summed E-state index contributed by atoms with van der Waals surface area (Å²) in [6, 6.07) is 15.1. The van der Waals surface area contributed by atoms with Crippen LogP contribution in [0.1, 0.15) is 46.6 Å². The van der Waals surface area contributed by atoms with Gasteiger partial charge in [0.05, 0.1) is 12.1 Å². The lowest BCUT2D eigenvalue weighted by atomic mass is 10.1. The number of carbonyl (C=O) groups excluding carboxylic acids is 2. The fourth-order valence-electron chi connectivity index (χ4n) is 3.81. The SMILES string of the molecule is Cc1ccc(C(=O)N2CCCCC2)cc1NC(=O)Cc1nc(-c2ccccc2)oc1C. The number of oxazole rings is 1. The van der Waals surface area contributed by atoms with Crippen LogP contribution in [0, 0.1) is 13.8 Å². The largest absolute Gasteiger partial charge is 0.441 e. The molecule has 1 saturated heterocycles. The molecule has 1 aliphatic heterocycles. The minimum absolute atomic E-state index is 0.0232. The molecule has 1 aliphatic rings. The highest BCUT2D eigenvalue weighted by atomic mass is 16.4. The Morgan fingerprint density at radius 2 is 1.77 bits per heavy atom. The first kappa shape index (κ1) is 20.8. The van der Waals surface area contributed by atoms with E-state index in [-0.39, 0.29) is 18.2 Å². The van der Waals surface area contributed by atoms with Gasteiger partial charge in [-0.05, 0) is 62.9 Å². The molecule has 3 aromatic rings. The normalized spacial score (nSPS) is 13.8. The van der Waals surface area contributed by atoms with Crippen LogP contribution in [-0.2, 0) is 11.2 Å². The molecule has 0 unspecified atom stereocenters. The zero-order chi connectivity index (χ0) is 21.8. The summed E-state index contributed by atoms with van der Waals surface area (Å²) in [4.78, 5) is 31.9. The van der Waals surface area contributed by atoms with Crippen LogP contribution in [0.2, 0.25) is 0 Å². The molecule has 6 nitrogen and oxygen atoms in total. The van der Waals surface area contributed by atoms with Crippen molar-refractivity contribution in [2.24, 2.45) is 0 Å². The molecular formula is C25H27N3O3. The Morgan fingerprint density at radius 1 is 1.03 bits per heavy atom. The van der Waals surface area contributed by atoms with E-state index in [0.29, 0.717) is 28.6 Å². The molecule has 1 aromatic heterocycles. The Hall–Kier alpha value is -3.41. The summed E-state index contributed by atoms with van der Waals surface area (Å²) in [6.07, 6.45) is 3.37. The lowest BCUT2D eigenvalue weighted by Gasteiger charge is -2.27. The van der Waals surface area contributed by atoms with Crippen LogP contribution >= 0.6 is 0 Å². The highest BCUT2D eigenvalue weighted by Crippen LogP contribution is 2.23. The van der Waals surface area contributed by atoms with Gasteiger partial charge in [0, 0.05) is 29.9 Å². The number of aryl methyl sites for hydroxylation is 2. The molecule has 0 atom stereocenters. The van der Waals surface area contributed by atoms with Crippen molar-refractivity contribution in [2.45, 2.75) is 39.5 Å². The summed E-state index contributed by atoms with van der Waals surface area (Å²) in [5, 5.41) is 2.94. The smallest absolute Gasteiger partial charge is 0.253 e. The van der Waals surface area contributed by atoms with Gasteiger partial charge in [-0.15, -0.1) is 0 Å². The highest BCUT2D eigenvalue weighted by molar-refractivity contribution is 5.98. The second-order valence-electron chi connectivity index (χ2n) is 8.00. The number of amides is 2. The van der Waals surface area contributed by atoms with Crippen molar-refractivity contribution < 1.29 is 14.0 Å². The quantitative estimate of drug-likeness (QED) is 0.649. The van der Waals surface area contributed by atoms with E-state index in [9.17, 15) is 9.59 Å². The molecule has 2 amide bonds. The first-order chi connectivity index (χ1) is 15.0. The van der Waals surface area contributed by atoms with E-state index in [0.717, 1.165) is 37.1 Å². The summed E-state index contributed by atoms with van der Waals surface area (Å²) in [5.41, 5.74) is 3.64. The van der Waals surface area contributed by atoms with Crippen molar-refractivity contribution in [3.05, 3.63) is 71.1 Å². The molecule has 0 bridgehead atoms. The fraction of sp³-hybridized carbons (Fsp3) is 0.320. The maximum absolute atomic E-state index is 12.8. The summed E-state index contributed by atoms with van der Waals surface area (Å²) in [6.45, 7) is 5.32. The van der Waals surface area contributed by atoms with Crippen LogP contribution < -0.4 is 5.32 Å². The van der Waals surface area contributed by atoms with Gasteiger partial charge in [0.1, 0.15) is 5.76 Å². The second kappa shape index (κ2) is 9.16. The van der Waals surface area contributed by atoms with Crippen LogP contribution in [-0.4, -0.2) is 34.8 Å². The van der Waals surface area contributed by atoms with E-state index in [4.69, 9.17) is 4.42 Å². The summed E-state index contributed by atoms with van der Waals surface area (Å²) in [5.74, 6) is 0.961. The molecule has 0 spiro atoms. The van der Waals surface area contributed by atoms with Crippen molar-refractivity contribution in [1.82, 2.24) is 9.88 Å². The minimum Gasteiger partial charge on any atom is -0.441 e. The number of nitrogens with one attached hydrogen (secondary N) is 1. The van der Waals surface area contributed by atoms with Crippen molar-refractivity contribution in [1.29, 1.82) is 0 Å². The van der Waals surface area contributed by atoms with Gasteiger partial charge in [0.2, 0.25) is 11.8 Å². The lowest BCUT2D eigenvalue weighted by Crippen LogP contribution is -2.35. The Balaban J connectivity index is 1.46. The first-order valence-electron chi connectivity index (χ1n) is 10.7. The summed E-state index contributed by atoms with van der Waals surface area (Å²) >= 11 is 0. The number of aromatic nitrogens is 1. The van der Waals surface area contributed by atoms with Gasteiger partial charge >= 0.3 is 0 Å². The third-order valence-electron chi connectivity index (χ3n) is 5.64. The molecular weight excluding hydrogens is 390 g/mol. The van der Waals surface area contributed by atoms with E-state index in [1.165, 1.54) is 6.42 Å². The molecule has 0 saturated carbocycles. The molecule has 31 heavy (non-hydrogen) atoms. The van der Waals surface area contributed by atoms with E-state index < -0.39 is 0 Å². The average molecular weight is 418 g/mol. The Kier molecular flexibility index (Phi) is 6.16. The van der Waals surface area contributed by atoms with Gasteiger partial charge in [-0.2, -0.15) is 0 Å². The number of anilines is 1. The number of hydrogen-bond donors (Lipinski definition) is 1. The molecule has 1 N–H and O–H groups in total. The third-order valence-corrected chi connectivity index (χ3v) is 5.64. The summed E-state index contributed by atoms with van der Waals surface area (Å²) in [7, 11) is 0. The zero-order valence-corrected chi connectivity index (χ0v) is 18.0. The molecule has 160 valence electrons. The minimum atomic E-state index is -0.193. The Bertz CT molecular complexity index is 1080. The monoisotopic (exact) mass is 417 g/mol. The van der Waals surface area contributed by atoms with E-state index in [1.54, 1.807) is 6.07 Å². The predicted molar refractivity (Wildman–Crippen MR) is 120 cm³/mol. The van der Waals surface area contributed by atoms with Gasteiger partial charge in [0.15, 0.2) is 0 Å². The maximum atomic E-state index is 12.8. The number of rotatable bonds is 5. The van der Waals surface area contributed by atoms with Crippen LogP contribution in [0.3, 0.4) is 0 Å². The topological polar surface area (TPSA) is 75.4 Å². The number of likely N-dealkylation sites (tertiary alicyclic amines) is 1. The Morgan fingerprint density at radius 3 is 2.52 bits per heavy atom. The van der Waals surface area contributed by atoms with E-state index >= 15 is 0 Å². The number of piperidine rings is 1. The Labute approximate surface area is 182 Å². The van der Waals surface area contributed by atoms with Gasteiger partial charge in [0.25, 0.3) is 5.91 Å². The van der Waals surface area contributed by atoms with Crippen LogP contribution in [0.4, 0.5) is 5.69 Å². The van der Waals surface area contributed by atoms with Crippen LogP contribution in [0.15, 0.2) is 52.9 Å². The summed E-state index contributed by atoms with van der Waals surface area (Å²) < 4.78 is 5.75. The van der Waals surface area contributed by atoms with Crippen molar-refractivity contribution in [2.75, 3.05) is 18.4 Å². The fourth-order valence-corrected chi connectivity index (χ4v) is 3.81. The first-order valence-corrected chi connectivity index (χ1v) is 10.7. The van der Waals surface area contributed by atoms with Crippen LogP contribution in [0.25, 0.3) is 11.5 Å². The molecule has 2 aromatic carbocycles. The van der Waals surface area contributed by atoms with Crippen molar-refractivity contribution >= 4 is 17.5 Å². The second-order valence-corrected chi connectivity index (χ2v) is 8.00. The van der Waals surface area contributed by atoms with Gasteiger partial charge in [-0.25, -0.2) is 4.98 Å². The van der Waals surface area contributed by atoms with E-state index in [1.807, 2.05) is 61.2 Å². The molecule has 4 rings (SSSR count). The number of hydrogen-bond acceptors (Lipinski definition) is 4. The predicted octanol–water partition coefficient (Wildman–Crippen LogP) is 4.77. The zero-order valence-electron chi connectivity index (χ0n) is 18.0. The maximum Gasteiger partial charge on any atom is 0.253 e. The average Bonchev–Trinajstić information content (AvgIpc) is 3.16. The molecule has 2 heterocycles. The standard InChI is InChI=1S/C25H27N3O3/c1-17-11-12-20(25(30)28-13-7-4-8-14-28)15-21(17)26-23(29)16-22-18(2)31-24(27-22)19-9-5-3-6-10-19/h3,5-6,9-12,15H,4,7-8,13-14,16H2,1-2H3,(H,26,29). The molecule has 1 fully saturated rings. The number of nitrogens with zero attached hydrogens (tertiary/aromatic N) is 2. The van der Waals surface area contributed by atoms with Gasteiger partial charge < -0.3 is 14.6 Å². The number of benzene rings is 2. The van der Waals surface area contributed by atoms with Gasteiger partial charge in [-0.3, -0.25) is 9.59 Å². The number of carbonyl (C=O) groups is 2. The lowest BCUT2D eigenvalue weighted by molar-refractivity contribution is -0.115. The van der Waals surface area contributed by atoms with Gasteiger partial charge in [-0.1, -0.05) is 24.3 Å².